The highest BCUT2D eigenvalue weighted by atomic mass is 16.5. The van der Waals surface area contributed by atoms with E-state index in [1.54, 1.807) is 7.11 Å². The summed E-state index contributed by atoms with van der Waals surface area (Å²) in [4.78, 5) is 11.1. The maximum Gasteiger partial charge on any atom is 0.246 e. The first-order valence-corrected chi connectivity index (χ1v) is 4.98. The Bertz CT molecular complexity index is 176. The molecule has 1 aliphatic rings. The summed E-state index contributed by atoms with van der Waals surface area (Å²) >= 11 is 0. The number of ether oxygens (including phenoxy) is 1. The summed E-state index contributed by atoms with van der Waals surface area (Å²) in [6, 6.07) is 0. The molecule has 0 spiro atoms. The lowest BCUT2D eigenvalue weighted by Gasteiger charge is -2.14. The van der Waals surface area contributed by atoms with Crippen molar-refractivity contribution in [3.63, 3.8) is 0 Å². The molecule has 0 unspecified atom stereocenters. The first-order chi connectivity index (χ1) is 6.22. The summed E-state index contributed by atoms with van der Waals surface area (Å²) in [5.74, 6) is 0.00452. The van der Waals surface area contributed by atoms with E-state index < -0.39 is 0 Å². The Morgan fingerprint density at radius 2 is 2.23 bits per heavy atom. The van der Waals surface area contributed by atoms with Gasteiger partial charge in [0, 0.05) is 13.7 Å². The Kier molecular flexibility index (Phi) is 3.72. The van der Waals surface area contributed by atoms with Crippen molar-refractivity contribution in [3.05, 3.63) is 0 Å². The lowest BCUT2D eigenvalue weighted by Crippen LogP contribution is -2.32. The van der Waals surface area contributed by atoms with Crippen LogP contribution < -0.4 is 5.32 Å². The highest BCUT2D eigenvalue weighted by Gasteiger charge is 2.41. The van der Waals surface area contributed by atoms with E-state index in [1.165, 1.54) is 25.7 Å². The van der Waals surface area contributed by atoms with Crippen LogP contribution in [0.25, 0.3) is 0 Å². The molecule has 0 aromatic rings. The zero-order valence-corrected chi connectivity index (χ0v) is 8.56. The van der Waals surface area contributed by atoms with Crippen LogP contribution in [0.5, 0.6) is 0 Å². The van der Waals surface area contributed by atoms with E-state index in [0.29, 0.717) is 5.41 Å². The van der Waals surface area contributed by atoms with Gasteiger partial charge in [-0.25, -0.2) is 0 Å². The molecule has 13 heavy (non-hydrogen) atoms. The predicted octanol–water partition coefficient (Wildman–Crippen LogP) is 1.33. The zero-order valence-electron chi connectivity index (χ0n) is 8.56. The Balaban J connectivity index is 2.14. The van der Waals surface area contributed by atoms with Crippen LogP contribution in [0.2, 0.25) is 0 Å². The maximum absolute atomic E-state index is 11.1. The van der Waals surface area contributed by atoms with Crippen molar-refractivity contribution in [3.8, 4) is 0 Å². The molecule has 76 valence electrons. The monoisotopic (exact) mass is 185 g/mol. The van der Waals surface area contributed by atoms with Gasteiger partial charge in [0.05, 0.1) is 0 Å². The van der Waals surface area contributed by atoms with Crippen LogP contribution in [0, 0.1) is 5.41 Å². The van der Waals surface area contributed by atoms with Crippen LogP contribution in [-0.4, -0.2) is 26.2 Å². The molecule has 0 aliphatic heterocycles. The molecule has 0 atom stereocenters. The molecule has 0 heterocycles. The standard InChI is InChI=1S/C10H19NO2/c1-3-4-10(5-6-10)8-11-9(12)7-13-2/h3-8H2,1-2H3,(H,11,12). The molecule has 1 fully saturated rings. The molecule has 3 nitrogen and oxygen atoms in total. The number of hydrogen-bond acceptors (Lipinski definition) is 2. The third-order valence-electron chi connectivity index (χ3n) is 2.67. The highest BCUT2D eigenvalue weighted by molar-refractivity contribution is 5.77. The van der Waals surface area contributed by atoms with Gasteiger partial charge < -0.3 is 10.1 Å². The fourth-order valence-electron chi connectivity index (χ4n) is 1.69. The van der Waals surface area contributed by atoms with Gasteiger partial charge in [0.25, 0.3) is 0 Å². The van der Waals surface area contributed by atoms with Crippen LogP contribution in [0.1, 0.15) is 32.6 Å². The second kappa shape index (κ2) is 4.61. The minimum Gasteiger partial charge on any atom is -0.375 e. The van der Waals surface area contributed by atoms with E-state index in [0.717, 1.165) is 6.54 Å². The lowest BCUT2D eigenvalue weighted by atomic mass is 10.0. The van der Waals surface area contributed by atoms with Crippen molar-refractivity contribution in [1.82, 2.24) is 5.32 Å². The van der Waals surface area contributed by atoms with Gasteiger partial charge in [0.2, 0.25) is 5.91 Å². The van der Waals surface area contributed by atoms with Gasteiger partial charge >= 0.3 is 0 Å². The van der Waals surface area contributed by atoms with E-state index in [9.17, 15) is 4.79 Å². The van der Waals surface area contributed by atoms with Crippen LogP contribution in [0.4, 0.5) is 0 Å². The molecule has 0 bridgehead atoms. The smallest absolute Gasteiger partial charge is 0.246 e. The molecule has 1 amide bonds. The quantitative estimate of drug-likeness (QED) is 0.678. The minimum atomic E-state index is 0.00452. The van der Waals surface area contributed by atoms with E-state index in [1.807, 2.05) is 0 Å². The fraction of sp³-hybridized carbons (Fsp3) is 0.900. The van der Waals surface area contributed by atoms with Gasteiger partial charge in [-0.15, -0.1) is 0 Å². The largest absolute Gasteiger partial charge is 0.375 e. The van der Waals surface area contributed by atoms with E-state index in [2.05, 4.69) is 12.2 Å². The van der Waals surface area contributed by atoms with Crippen molar-refractivity contribution in [2.75, 3.05) is 20.3 Å². The number of rotatable bonds is 6. The Morgan fingerprint density at radius 3 is 2.69 bits per heavy atom. The summed E-state index contributed by atoms with van der Waals surface area (Å²) in [6.45, 7) is 3.21. The molecule has 1 saturated carbocycles. The lowest BCUT2D eigenvalue weighted by molar-refractivity contribution is -0.125. The summed E-state index contributed by atoms with van der Waals surface area (Å²) in [7, 11) is 1.54. The molecule has 0 aromatic heterocycles. The van der Waals surface area contributed by atoms with Gasteiger partial charge in [-0.3, -0.25) is 4.79 Å². The average Bonchev–Trinajstić information content (AvgIpc) is 2.84. The van der Waals surface area contributed by atoms with Gasteiger partial charge in [-0.05, 0) is 24.7 Å². The number of amides is 1. The second-order valence-electron chi connectivity index (χ2n) is 3.96. The zero-order chi connectivity index (χ0) is 9.73. The number of carbonyl (C=O) groups is 1. The van der Waals surface area contributed by atoms with Crippen molar-refractivity contribution in [1.29, 1.82) is 0 Å². The highest BCUT2D eigenvalue weighted by Crippen LogP contribution is 2.48. The second-order valence-corrected chi connectivity index (χ2v) is 3.96. The molecule has 0 saturated heterocycles. The van der Waals surface area contributed by atoms with Gasteiger partial charge in [0.1, 0.15) is 6.61 Å². The van der Waals surface area contributed by atoms with Gasteiger partial charge in [-0.1, -0.05) is 13.3 Å². The summed E-state index contributed by atoms with van der Waals surface area (Å²) in [6.07, 6.45) is 4.99. The molecular weight excluding hydrogens is 166 g/mol. The molecule has 1 N–H and O–H groups in total. The van der Waals surface area contributed by atoms with Crippen molar-refractivity contribution >= 4 is 5.91 Å². The Morgan fingerprint density at radius 1 is 1.54 bits per heavy atom. The van der Waals surface area contributed by atoms with Gasteiger partial charge in [-0.2, -0.15) is 0 Å². The molecule has 0 radical (unpaired) electrons. The topological polar surface area (TPSA) is 38.3 Å². The summed E-state index contributed by atoms with van der Waals surface area (Å²) in [5.41, 5.74) is 0.443. The minimum absolute atomic E-state index is 0.00452. The third-order valence-corrected chi connectivity index (χ3v) is 2.67. The van der Waals surface area contributed by atoms with Crippen molar-refractivity contribution in [2.24, 2.45) is 5.41 Å². The number of methoxy groups -OCH3 is 1. The Hall–Kier alpha value is -0.570. The summed E-state index contributed by atoms with van der Waals surface area (Å²) < 4.78 is 4.74. The number of hydrogen-bond donors (Lipinski definition) is 1. The van der Waals surface area contributed by atoms with Gasteiger partial charge in [0.15, 0.2) is 0 Å². The SMILES string of the molecule is CCCC1(CNC(=O)COC)CC1. The van der Waals surface area contributed by atoms with Crippen LogP contribution in [0.15, 0.2) is 0 Å². The Labute approximate surface area is 79.8 Å². The molecule has 3 heteroatoms. The van der Waals surface area contributed by atoms with E-state index in [-0.39, 0.29) is 12.5 Å². The van der Waals surface area contributed by atoms with E-state index >= 15 is 0 Å². The molecule has 1 aliphatic carbocycles. The average molecular weight is 185 g/mol. The molecular formula is C10H19NO2. The van der Waals surface area contributed by atoms with Crippen molar-refractivity contribution in [2.45, 2.75) is 32.6 Å². The predicted molar refractivity (Wildman–Crippen MR) is 51.5 cm³/mol. The molecule has 0 aromatic carbocycles. The van der Waals surface area contributed by atoms with Crippen LogP contribution in [0.3, 0.4) is 0 Å². The first-order valence-electron chi connectivity index (χ1n) is 4.98. The van der Waals surface area contributed by atoms with E-state index in [4.69, 9.17) is 4.74 Å². The normalized spacial score (nSPS) is 18.3. The number of carbonyl (C=O) groups excluding carboxylic acids is 1. The number of nitrogens with one attached hydrogen (secondary N) is 1. The van der Waals surface area contributed by atoms with Crippen LogP contribution >= 0.6 is 0 Å². The third kappa shape index (κ3) is 3.35. The molecule has 1 rings (SSSR count). The first kappa shape index (κ1) is 10.5. The van der Waals surface area contributed by atoms with Crippen molar-refractivity contribution < 1.29 is 9.53 Å². The van der Waals surface area contributed by atoms with Crippen LogP contribution in [-0.2, 0) is 9.53 Å². The summed E-state index contributed by atoms with van der Waals surface area (Å²) in [5, 5.41) is 2.91. The maximum atomic E-state index is 11.1. The fourth-order valence-corrected chi connectivity index (χ4v) is 1.69.